The zero-order valence-electron chi connectivity index (χ0n) is 9.69. The standard InChI is InChI=1S/C12H18N2O2/c1-15-8-11-12-10(4-5-16-11)7-14(13-12)6-9-2-3-9/h7,9,11H,2-6,8H2,1H3. The van der Waals surface area contributed by atoms with Gasteiger partial charge >= 0.3 is 0 Å². The molecule has 0 radical (unpaired) electrons. The number of hydrogen-bond donors (Lipinski definition) is 0. The second-order valence-corrected chi connectivity index (χ2v) is 4.77. The van der Waals surface area contributed by atoms with E-state index in [4.69, 9.17) is 9.47 Å². The molecule has 2 aliphatic rings. The van der Waals surface area contributed by atoms with Crippen LogP contribution in [0.3, 0.4) is 0 Å². The monoisotopic (exact) mass is 222 g/mol. The SMILES string of the molecule is COCC1OCCc2cn(CC3CC3)nc21. The average Bonchev–Trinajstić information content (AvgIpc) is 2.96. The Bertz CT molecular complexity index is 371. The van der Waals surface area contributed by atoms with Crippen LogP contribution >= 0.6 is 0 Å². The van der Waals surface area contributed by atoms with Crippen LogP contribution in [0.25, 0.3) is 0 Å². The third-order valence-corrected chi connectivity index (χ3v) is 3.33. The molecule has 1 atom stereocenters. The maximum Gasteiger partial charge on any atom is 0.125 e. The molecule has 1 saturated carbocycles. The van der Waals surface area contributed by atoms with E-state index in [1.165, 1.54) is 18.4 Å². The van der Waals surface area contributed by atoms with Crippen molar-refractivity contribution in [2.75, 3.05) is 20.3 Å². The summed E-state index contributed by atoms with van der Waals surface area (Å²) >= 11 is 0. The molecule has 3 rings (SSSR count). The third-order valence-electron chi connectivity index (χ3n) is 3.33. The summed E-state index contributed by atoms with van der Waals surface area (Å²) in [5, 5.41) is 4.64. The minimum atomic E-state index is 0.0363. The molecule has 0 saturated heterocycles. The fourth-order valence-corrected chi connectivity index (χ4v) is 2.27. The Hall–Kier alpha value is -0.870. The second-order valence-electron chi connectivity index (χ2n) is 4.77. The molecule has 0 amide bonds. The number of nitrogens with zero attached hydrogens (tertiary/aromatic N) is 2. The minimum absolute atomic E-state index is 0.0363. The lowest BCUT2D eigenvalue weighted by molar-refractivity contribution is -0.0135. The maximum atomic E-state index is 5.68. The molecule has 0 N–H and O–H groups in total. The maximum absolute atomic E-state index is 5.68. The highest BCUT2D eigenvalue weighted by molar-refractivity contribution is 5.22. The van der Waals surface area contributed by atoms with Gasteiger partial charge < -0.3 is 9.47 Å². The van der Waals surface area contributed by atoms with Crippen molar-refractivity contribution in [1.29, 1.82) is 0 Å². The molecule has 1 aromatic heterocycles. The number of aromatic nitrogens is 2. The first-order valence-electron chi connectivity index (χ1n) is 6.03. The van der Waals surface area contributed by atoms with Crippen molar-refractivity contribution in [1.82, 2.24) is 9.78 Å². The molecule has 4 nitrogen and oxygen atoms in total. The van der Waals surface area contributed by atoms with Gasteiger partial charge in [-0.15, -0.1) is 0 Å². The van der Waals surface area contributed by atoms with E-state index in [2.05, 4.69) is 16.0 Å². The zero-order chi connectivity index (χ0) is 11.0. The highest BCUT2D eigenvalue weighted by Gasteiger charge is 2.27. The van der Waals surface area contributed by atoms with Crippen LogP contribution in [0.15, 0.2) is 6.20 Å². The molecule has 4 heteroatoms. The predicted molar refractivity (Wildman–Crippen MR) is 59.2 cm³/mol. The van der Waals surface area contributed by atoms with Crippen molar-refractivity contribution in [3.8, 4) is 0 Å². The highest BCUT2D eigenvalue weighted by atomic mass is 16.5. The summed E-state index contributed by atoms with van der Waals surface area (Å²) in [4.78, 5) is 0. The normalized spacial score (nSPS) is 24.4. The fourth-order valence-electron chi connectivity index (χ4n) is 2.27. The molecule has 0 spiro atoms. The van der Waals surface area contributed by atoms with Gasteiger partial charge in [0.25, 0.3) is 0 Å². The molecule has 1 aromatic rings. The molecule has 1 aliphatic heterocycles. The summed E-state index contributed by atoms with van der Waals surface area (Å²) in [6.07, 6.45) is 5.94. The summed E-state index contributed by atoms with van der Waals surface area (Å²) in [7, 11) is 1.71. The summed E-state index contributed by atoms with van der Waals surface area (Å²) in [6, 6.07) is 0. The number of rotatable bonds is 4. The van der Waals surface area contributed by atoms with Crippen LogP contribution in [0.4, 0.5) is 0 Å². The first-order valence-corrected chi connectivity index (χ1v) is 6.03. The number of hydrogen-bond acceptors (Lipinski definition) is 3. The first-order chi connectivity index (χ1) is 7.86. The predicted octanol–water partition coefficient (Wildman–Crippen LogP) is 1.55. The molecule has 1 aliphatic carbocycles. The summed E-state index contributed by atoms with van der Waals surface area (Å²) < 4.78 is 12.9. The van der Waals surface area contributed by atoms with E-state index in [-0.39, 0.29) is 6.10 Å². The van der Waals surface area contributed by atoms with Crippen LogP contribution in [-0.4, -0.2) is 30.1 Å². The molecule has 0 aromatic carbocycles. The molecule has 1 unspecified atom stereocenters. The Morgan fingerprint density at radius 1 is 1.56 bits per heavy atom. The van der Waals surface area contributed by atoms with Crippen molar-refractivity contribution in [2.24, 2.45) is 5.92 Å². The molecule has 16 heavy (non-hydrogen) atoms. The zero-order valence-corrected chi connectivity index (χ0v) is 9.69. The van der Waals surface area contributed by atoms with Gasteiger partial charge in [-0.1, -0.05) is 0 Å². The number of ether oxygens (including phenoxy) is 2. The highest BCUT2D eigenvalue weighted by Crippen LogP contribution is 2.32. The lowest BCUT2D eigenvalue weighted by Gasteiger charge is -2.20. The van der Waals surface area contributed by atoms with Gasteiger partial charge in [-0.25, -0.2) is 0 Å². The topological polar surface area (TPSA) is 36.3 Å². The van der Waals surface area contributed by atoms with Crippen molar-refractivity contribution in [3.63, 3.8) is 0 Å². The van der Waals surface area contributed by atoms with Gasteiger partial charge in [-0.3, -0.25) is 4.68 Å². The van der Waals surface area contributed by atoms with Gasteiger partial charge in [0.1, 0.15) is 6.10 Å². The molecule has 88 valence electrons. The summed E-state index contributed by atoms with van der Waals surface area (Å²) in [5.41, 5.74) is 2.43. The van der Waals surface area contributed by atoms with Gasteiger partial charge in [-0.2, -0.15) is 5.10 Å². The molecular formula is C12H18N2O2. The minimum Gasteiger partial charge on any atom is -0.382 e. The summed E-state index contributed by atoms with van der Waals surface area (Å²) in [6.45, 7) is 2.47. The van der Waals surface area contributed by atoms with Crippen LogP contribution in [0, 0.1) is 5.92 Å². The molecule has 2 heterocycles. The van der Waals surface area contributed by atoms with Crippen molar-refractivity contribution in [3.05, 3.63) is 17.5 Å². The second kappa shape index (κ2) is 4.18. The van der Waals surface area contributed by atoms with Gasteiger partial charge in [-0.05, 0) is 30.7 Å². The van der Waals surface area contributed by atoms with E-state index in [9.17, 15) is 0 Å². The molecular weight excluding hydrogens is 204 g/mol. The third kappa shape index (κ3) is 1.99. The van der Waals surface area contributed by atoms with E-state index < -0.39 is 0 Å². The summed E-state index contributed by atoms with van der Waals surface area (Å²) in [5.74, 6) is 0.864. The lowest BCUT2D eigenvalue weighted by Crippen LogP contribution is -2.19. The van der Waals surface area contributed by atoms with Crippen LogP contribution in [0.1, 0.15) is 30.2 Å². The Morgan fingerprint density at radius 2 is 2.44 bits per heavy atom. The van der Waals surface area contributed by atoms with E-state index in [0.717, 1.165) is 31.2 Å². The molecule has 1 fully saturated rings. The Kier molecular flexibility index (Phi) is 2.69. The van der Waals surface area contributed by atoms with E-state index >= 15 is 0 Å². The largest absolute Gasteiger partial charge is 0.382 e. The van der Waals surface area contributed by atoms with Crippen molar-refractivity contribution >= 4 is 0 Å². The van der Waals surface area contributed by atoms with Crippen LogP contribution in [0.5, 0.6) is 0 Å². The van der Waals surface area contributed by atoms with Crippen molar-refractivity contribution in [2.45, 2.75) is 31.9 Å². The average molecular weight is 222 g/mol. The van der Waals surface area contributed by atoms with Crippen LogP contribution < -0.4 is 0 Å². The smallest absolute Gasteiger partial charge is 0.125 e. The fraction of sp³-hybridized carbons (Fsp3) is 0.750. The van der Waals surface area contributed by atoms with Crippen molar-refractivity contribution < 1.29 is 9.47 Å². The van der Waals surface area contributed by atoms with Gasteiger partial charge in [0.2, 0.25) is 0 Å². The lowest BCUT2D eigenvalue weighted by atomic mass is 10.1. The van der Waals surface area contributed by atoms with Gasteiger partial charge in [0, 0.05) is 19.9 Å². The van der Waals surface area contributed by atoms with Gasteiger partial charge in [0.05, 0.1) is 18.9 Å². The van der Waals surface area contributed by atoms with Gasteiger partial charge in [0.15, 0.2) is 0 Å². The van der Waals surface area contributed by atoms with E-state index in [1.807, 2.05) is 0 Å². The van der Waals surface area contributed by atoms with Crippen LogP contribution in [-0.2, 0) is 22.4 Å². The first kappa shape index (κ1) is 10.3. The Labute approximate surface area is 95.5 Å². The number of fused-ring (bicyclic) bond motifs is 1. The Balaban J connectivity index is 1.79. The molecule has 0 bridgehead atoms. The Morgan fingerprint density at radius 3 is 3.19 bits per heavy atom. The quantitative estimate of drug-likeness (QED) is 0.775. The van der Waals surface area contributed by atoms with E-state index in [1.54, 1.807) is 7.11 Å². The number of methoxy groups -OCH3 is 1. The van der Waals surface area contributed by atoms with Crippen LogP contribution in [0.2, 0.25) is 0 Å². The van der Waals surface area contributed by atoms with E-state index in [0.29, 0.717) is 6.61 Å².